The Balaban J connectivity index is 5.22. The van der Waals surface area contributed by atoms with Crippen molar-refractivity contribution in [3.8, 4) is 0 Å². The third kappa shape index (κ3) is 66.5. The van der Waals surface area contributed by atoms with Gasteiger partial charge in [0.05, 0.1) is 26.4 Å². The maximum Gasteiger partial charge on any atom is 0.472 e. The second kappa shape index (κ2) is 62.8. The van der Waals surface area contributed by atoms with Gasteiger partial charge in [0.1, 0.15) is 19.3 Å². The highest BCUT2D eigenvalue weighted by molar-refractivity contribution is 7.47. The van der Waals surface area contributed by atoms with Crippen molar-refractivity contribution in [2.75, 3.05) is 39.6 Å². The van der Waals surface area contributed by atoms with Crippen LogP contribution in [-0.4, -0.2) is 96.7 Å². The summed E-state index contributed by atoms with van der Waals surface area (Å²) in [5, 5.41) is 10.6. The van der Waals surface area contributed by atoms with Crippen molar-refractivity contribution < 1.29 is 80.2 Å². The minimum atomic E-state index is -4.95. The molecule has 0 rings (SSSR count). The van der Waals surface area contributed by atoms with Crippen molar-refractivity contribution in [1.29, 1.82) is 0 Å². The summed E-state index contributed by atoms with van der Waals surface area (Å²) in [5.74, 6) is 0.0184. The molecule has 0 aromatic rings. The van der Waals surface area contributed by atoms with Crippen molar-refractivity contribution in [3.63, 3.8) is 0 Å². The highest BCUT2D eigenvalue weighted by atomic mass is 31.2. The molecule has 17 nitrogen and oxygen atoms in total. The monoisotopic (exact) mass is 1340 g/mol. The largest absolute Gasteiger partial charge is 0.472 e. The van der Waals surface area contributed by atoms with E-state index in [0.717, 1.165) is 102 Å². The fraction of sp³-hybridized carbons (Fsp3) is 0.944. The minimum absolute atomic E-state index is 0.102. The molecule has 0 aliphatic heterocycles. The minimum Gasteiger partial charge on any atom is -0.462 e. The molecule has 0 heterocycles. The van der Waals surface area contributed by atoms with E-state index in [2.05, 4.69) is 48.5 Å². The standard InChI is InChI=1S/C72H140O17P2/c1-8-9-10-11-12-13-14-15-16-17-18-19-20-23-27-32-41-48-55-71(76)88-67(59-82-69(74)53-46-39-31-26-24-21-22-25-29-36-43-50-63(2)3)61-86-90(78,79)84-57-66(73)58-85-91(80,81)87-62-68(60-83-70(75)54-47-40-35-34-38-45-52-65(6)7)89-72(77)56-49-42-33-28-30-37-44-51-64(4)5/h63-68,73H,8-62H2,1-7H3,(H,78,79)(H,80,81)/t66-,67-,68-/m1/s1. The third-order valence-corrected chi connectivity index (χ3v) is 18.5. The van der Waals surface area contributed by atoms with Crippen molar-refractivity contribution >= 4 is 39.5 Å². The number of ether oxygens (including phenoxy) is 4. The van der Waals surface area contributed by atoms with Crippen LogP contribution in [0.2, 0.25) is 0 Å². The summed E-state index contributed by atoms with van der Waals surface area (Å²) in [5.41, 5.74) is 0. The Bertz CT molecular complexity index is 1780. The summed E-state index contributed by atoms with van der Waals surface area (Å²) < 4.78 is 68.3. The van der Waals surface area contributed by atoms with Crippen LogP contribution in [0.4, 0.5) is 0 Å². The quantitative estimate of drug-likeness (QED) is 0.0222. The number of aliphatic hydroxyl groups excluding tert-OH is 1. The molecule has 2 unspecified atom stereocenters. The predicted molar refractivity (Wildman–Crippen MR) is 368 cm³/mol. The average molecular weight is 1340 g/mol. The van der Waals surface area contributed by atoms with E-state index >= 15 is 0 Å². The smallest absolute Gasteiger partial charge is 0.462 e. The van der Waals surface area contributed by atoms with Crippen molar-refractivity contribution in [3.05, 3.63) is 0 Å². The topological polar surface area (TPSA) is 237 Å². The van der Waals surface area contributed by atoms with Gasteiger partial charge in [-0.1, -0.05) is 312 Å². The molecule has 0 saturated carbocycles. The third-order valence-electron chi connectivity index (χ3n) is 16.6. The lowest BCUT2D eigenvalue weighted by Crippen LogP contribution is -2.30. The Morgan fingerprint density at radius 3 is 0.747 bits per heavy atom. The molecule has 91 heavy (non-hydrogen) atoms. The molecule has 5 atom stereocenters. The maximum absolute atomic E-state index is 13.0. The van der Waals surface area contributed by atoms with Gasteiger partial charge in [-0.05, 0) is 43.4 Å². The van der Waals surface area contributed by atoms with E-state index in [1.54, 1.807) is 0 Å². The number of carbonyl (C=O) groups excluding carboxylic acids is 4. The van der Waals surface area contributed by atoms with Gasteiger partial charge in [-0.15, -0.1) is 0 Å². The normalized spacial score (nSPS) is 14.2. The van der Waals surface area contributed by atoms with E-state index in [-0.39, 0.29) is 25.7 Å². The number of phosphoric acid groups is 2. The van der Waals surface area contributed by atoms with Gasteiger partial charge in [0.15, 0.2) is 12.2 Å². The molecule has 0 bridgehead atoms. The molecule has 0 aliphatic carbocycles. The number of carbonyl (C=O) groups is 4. The molecular formula is C72H140O17P2. The number of hydrogen-bond donors (Lipinski definition) is 3. The number of hydrogen-bond acceptors (Lipinski definition) is 15. The molecule has 0 saturated heterocycles. The number of esters is 4. The Kier molecular flexibility index (Phi) is 61.5. The van der Waals surface area contributed by atoms with Gasteiger partial charge in [0.25, 0.3) is 0 Å². The van der Waals surface area contributed by atoms with Crippen LogP contribution >= 0.6 is 15.6 Å². The molecule has 0 aliphatic rings. The zero-order chi connectivity index (χ0) is 67.3. The molecule has 0 spiro atoms. The molecule has 0 aromatic carbocycles. The van der Waals surface area contributed by atoms with Gasteiger partial charge >= 0.3 is 39.5 Å². The second-order valence-corrected chi connectivity index (χ2v) is 30.3. The lowest BCUT2D eigenvalue weighted by atomic mass is 10.0. The van der Waals surface area contributed by atoms with E-state index in [4.69, 9.17) is 37.0 Å². The van der Waals surface area contributed by atoms with Crippen LogP contribution in [0.5, 0.6) is 0 Å². The number of unbranched alkanes of at least 4 members (excludes halogenated alkanes) is 38. The maximum atomic E-state index is 13.0. The van der Waals surface area contributed by atoms with Gasteiger partial charge in [0.2, 0.25) is 0 Å². The van der Waals surface area contributed by atoms with Crippen LogP contribution in [0.1, 0.15) is 363 Å². The lowest BCUT2D eigenvalue weighted by Gasteiger charge is -2.21. The Morgan fingerprint density at radius 1 is 0.297 bits per heavy atom. The summed E-state index contributed by atoms with van der Waals surface area (Å²) in [6.07, 6.45) is 47.5. The molecule has 0 fully saturated rings. The molecule has 3 N–H and O–H groups in total. The molecule has 0 radical (unpaired) electrons. The summed E-state index contributed by atoms with van der Waals surface area (Å²) in [4.78, 5) is 72.5. The van der Waals surface area contributed by atoms with Gasteiger partial charge in [-0.2, -0.15) is 0 Å². The van der Waals surface area contributed by atoms with Crippen molar-refractivity contribution in [2.24, 2.45) is 17.8 Å². The average Bonchev–Trinajstić information content (AvgIpc) is 3.50. The van der Waals surface area contributed by atoms with Crippen LogP contribution in [-0.2, 0) is 65.4 Å². The van der Waals surface area contributed by atoms with E-state index in [9.17, 15) is 43.2 Å². The van der Waals surface area contributed by atoms with Crippen LogP contribution in [0.25, 0.3) is 0 Å². The number of aliphatic hydroxyl groups is 1. The van der Waals surface area contributed by atoms with E-state index < -0.39 is 97.5 Å². The molecular weight excluding hydrogens is 1200 g/mol. The lowest BCUT2D eigenvalue weighted by molar-refractivity contribution is -0.161. The van der Waals surface area contributed by atoms with Gasteiger partial charge in [0, 0.05) is 25.7 Å². The summed E-state index contributed by atoms with van der Waals surface area (Å²) in [6.45, 7) is 11.7. The first kappa shape index (κ1) is 89.1. The van der Waals surface area contributed by atoms with Crippen LogP contribution in [0.15, 0.2) is 0 Å². The van der Waals surface area contributed by atoms with Crippen LogP contribution < -0.4 is 0 Å². The zero-order valence-electron chi connectivity index (χ0n) is 59.3. The highest BCUT2D eigenvalue weighted by Crippen LogP contribution is 2.45. The van der Waals surface area contributed by atoms with Crippen LogP contribution in [0.3, 0.4) is 0 Å². The fourth-order valence-corrected chi connectivity index (χ4v) is 12.5. The highest BCUT2D eigenvalue weighted by Gasteiger charge is 2.30. The fourth-order valence-electron chi connectivity index (χ4n) is 10.9. The van der Waals surface area contributed by atoms with E-state index in [1.165, 1.54) is 167 Å². The van der Waals surface area contributed by atoms with Gasteiger partial charge in [-0.25, -0.2) is 9.13 Å². The first-order chi connectivity index (χ1) is 43.7. The summed E-state index contributed by atoms with van der Waals surface area (Å²) in [7, 11) is -9.90. The van der Waals surface area contributed by atoms with Gasteiger partial charge < -0.3 is 33.8 Å². The number of rotatable bonds is 70. The second-order valence-electron chi connectivity index (χ2n) is 27.4. The summed E-state index contributed by atoms with van der Waals surface area (Å²) >= 11 is 0. The zero-order valence-corrected chi connectivity index (χ0v) is 61.1. The first-order valence-corrected chi connectivity index (χ1v) is 40.3. The van der Waals surface area contributed by atoms with Crippen LogP contribution in [0, 0.1) is 17.8 Å². The predicted octanol–water partition coefficient (Wildman–Crippen LogP) is 20.6. The van der Waals surface area contributed by atoms with E-state index in [1.807, 2.05) is 0 Å². The first-order valence-electron chi connectivity index (χ1n) is 37.3. The van der Waals surface area contributed by atoms with Crippen molar-refractivity contribution in [2.45, 2.75) is 381 Å². The van der Waals surface area contributed by atoms with Crippen molar-refractivity contribution in [1.82, 2.24) is 0 Å². The Labute approximate surface area is 556 Å². The Morgan fingerprint density at radius 2 is 0.505 bits per heavy atom. The molecule has 540 valence electrons. The summed E-state index contributed by atoms with van der Waals surface area (Å²) in [6, 6.07) is 0. The molecule has 19 heteroatoms. The van der Waals surface area contributed by atoms with E-state index in [0.29, 0.717) is 37.5 Å². The Hall–Kier alpha value is -1.94. The number of phosphoric ester groups is 2. The van der Waals surface area contributed by atoms with Gasteiger partial charge in [-0.3, -0.25) is 37.3 Å². The molecule has 0 aromatic heterocycles. The SMILES string of the molecule is CCCCCCCCCCCCCCCCCCCCC(=O)O[C@H](COC(=O)CCCCCCCCCCCCCC(C)C)COP(=O)(O)OC[C@@H](O)COP(=O)(O)OC[C@@H](COC(=O)CCCCCCCCC(C)C)OC(=O)CCCCCCCCCC(C)C. The molecule has 0 amide bonds.